The number of carbonyl (C=O) groups excluding carboxylic acids is 1. The largest absolute Gasteiger partial charge is 0.379 e. The molecule has 5 rings (SSSR count). The van der Waals surface area contributed by atoms with E-state index >= 15 is 0 Å². The summed E-state index contributed by atoms with van der Waals surface area (Å²) < 4.78 is 19.7. The number of ether oxygens (including phenoxy) is 1. The third kappa shape index (κ3) is 3.91. The van der Waals surface area contributed by atoms with Crippen molar-refractivity contribution in [3.8, 4) is 11.4 Å². The highest BCUT2D eigenvalue weighted by Gasteiger charge is 2.44. The number of fused-ring (bicyclic) bond motifs is 1. The molecule has 2 aliphatic heterocycles. The smallest absolute Gasteiger partial charge is 0.233 e. The predicted molar refractivity (Wildman–Crippen MR) is 119 cm³/mol. The Kier molecular flexibility index (Phi) is 5.46. The summed E-state index contributed by atoms with van der Waals surface area (Å²) in [7, 11) is 0. The lowest BCUT2D eigenvalue weighted by Crippen LogP contribution is -2.55. The van der Waals surface area contributed by atoms with Crippen LogP contribution in [0.2, 0.25) is 5.02 Å². The van der Waals surface area contributed by atoms with Gasteiger partial charge in [-0.1, -0.05) is 11.6 Å². The number of pyridine rings is 1. The SMILES string of the molecule is CC1(C(=O)N2CCCC(CNc3nc(-c4c[nH]c5ncc(Cl)cc45)ncc3F)C2)COC1. The molecular weight excluding hydrogens is 435 g/mol. The Balaban J connectivity index is 1.29. The van der Waals surface area contributed by atoms with E-state index in [1.54, 1.807) is 18.5 Å². The highest BCUT2D eigenvalue weighted by Crippen LogP contribution is 2.31. The summed E-state index contributed by atoms with van der Waals surface area (Å²) in [5, 5.41) is 4.40. The summed E-state index contributed by atoms with van der Waals surface area (Å²) in [6.07, 6.45) is 6.35. The minimum Gasteiger partial charge on any atom is -0.379 e. The molecule has 168 valence electrons. The van der Waals surface area contributed by atoms with Crippen LogP contribution in [0.5, 0.6) is 0 Å². The second kappa shape index (κ2) is 8.29. The first kappa shape index (κ1) is 21.1. The van der Waals surface area contributed by atoms with E-state index in [2.05, 4.69) is 25.3 Å². The Labute approximate surface area is 189 Å². The highest BCUT2D eigenvalue weighted by molar-refractivity contribution is 6.31. The molecule has 0 aromatic carbocycles. The molecule has 1 amide bonds. The maximum absolute atomic E-state index is 14.5. The van der Waals surface area contributed by atoms with Crippen LogP contribution in [0.15, 0.2) is 24.7 Å². The number of rotatable bonds is 5. The zero-order valence-electron chi connectivity index (χ0n) is 17.7. The molecule has 2 aliphatic rings. The van der Waals surface area contributed by atoms with Crippen molar-refractivity contribution < 1.29 is 13.9 Å². The van der Waals surface area contributed by atoms with Crippen molar-refractivity contribution in [1.29, 1.82) is 0 Å². The van der Waals surface area contributed by atoms with Gasteiger partial charge in [0, 0.05) is 43.0 Å². The van der Waals surface area contributed by atoms with Crippen molar-refractivity contribution in [3.63, 3.8) is 0 Å². The Morgan fingerprint density at radius 1 is 1.41 bits per heavy atom. The van der Waals surface area contributed by atoms with Crippen LogP contribution in [0.4, 0.5) is 10.2 Å². The molecule has 32 heavy (non-hydrogen) atoms. The molecule has 5 heterocycles. The lowest BCUT2D eigenvalue weighted by molar-refractivity contribution is -0.170. The van der Waals surface area contributed by atoms with Gasteiger partial charge in [-0.05, 0) is 31.7 Å². The monoisotopic (exact) mass is 458 g/mol. The number of piperidine rings is 1. The molecule has 8 nitrogen and oxygen atoms in total. The van der Waals surface area contributed by atoms with Gasteiger partial charge >= 0.3 is 0 Å². The van der Waals surface area contributed by atoms with E-state index in [-0.39, 0.29) is 17.6 Å². The van der Waals surface area contributed by atoms with Gasteiger partial charge in [0.2, 0.25) is 5.91 Å². The van der Waals surface area contributed by atoms with E-state index in [0.717, 1.165) is 31.0 Å². The van der Waals surface area contributed by atoms with Gasteiger partial charge in [0.05, 0.1) is 29.8 Å². The average Bonchev–Trinajstić information content (AvgIpc) is 3.19. The third-order valence-corrected chi connectivity index (χ3v) is 6.41. The first-order chi connectivity index (χ1) is 15.4. The fraction of sp³-hybridized carbons (Fsp3) is 0.455. The number of H-pyrrole nitrogens is 1. The first-order valence-corrected chi connectivity index (χ1v) is 11.1. The molecule has 0 radical (unpaired) electrons. The van der Waals surface area contributed by atoms with Crippen LogP contribution in [0.25, 0.3) is 22.4 Å². The zero-order valence-corrected chi connectivity index (χ0v) is 18.5. The van der Waals surface area contributed by atoms with Crippen LogP contribution in [-0.2, 0) is 9.53 Å². The van der Waals surface area contributed by atoms with Gasteiger partial charge in [-0.25, -0.2) is 19.3 Å². The lowest BCUT2D eigenvalue weighted by Gasteiger charge is -2.43. The van der Waals surface area contributed by atoms with Crippen LogP contribution in [-0.4, -0.2) is 63.6 Å². The molecule has 10 heteroatoms. The second-order valence-electron chi connectivity index (χ2n) is 8.84. The van der Waals surface area contributed by atoms with Crippen LogP contribution in [0.1, 0.15) is 19.8 Å². The zero-order chi connectivity index (χ0) is 22.3. The van der Waals surface area contributed by atoms with Crippen molar-refractivity contribution in [2.75, 3.05) is 38.2 Å². The van der Waals surface area contributed by atoms with Gasteiger partial charge in [-0.2, -0.15) is 0 Å². The summed E-state index contributed by atoms with van der Waals surface area (Å²) in [6.45, 7) is 4.84. The van der Waals surface area contributed by atoms with E-state index in [4.69, 9.17) is 16.3 Å². The summed E-state index contributed by atoms with van der Waals surface area (Å²) in [4.78, 5) is 30.6. The van der Waals surface area contributed by atoms with E-state index in [1.807, 2.05) is 11.8 Å². The van der Waals surface area contributed by atoms with Crippen molar-refractivity contribution in [2.24, 2.45) is 11.3 Å². The maximum atomic E-state index is 14.5. The van der Waals surface area contributed by atoms with Gasteiger partial charge in [-0.3, -0.25) is 4.79 Å². The number of hydrogen-bond donors (Lipinski definition) is 2. The van der Waals surface area contributed by atoms with Crippen molar-refractivity contribution >= 4 is 34.4 Å². The Hall–Kier alpha value is -2.78. The highest BCUT2D eigenvalue weighted by atomic mass is 35.5. The molecule has 0 aliphatic carbocycles. The molecule has 3 aromatic rings. The van der Waals surface area contributed by atoms with E-state index in [1.165, 1.54) is 0 Å². The molecule has 0 saturated carbocycles. The number of nitrogens with zero attached hydrogens (tertiary/aromatic N) is 4. The quantitative estimate of drug-likeness (QED) is 0.607. The Morgan fingerprint density at radius 2 is 2.25 bits per heavy atom. The average molecular weight is 459 g/mol. The lowest BCUT2D eigenvalue weighted by atomic mass is 9.85. The van der Waals surface area contributed by atoms with Crippen LogP contribution in [0, 0.1) is 17.2 Å². The van der Waals surface area contributed by atoms with Crippen LogP contribution >= 0.6 is 11.6 Å². The number of aromatic amines is 1. The van der Waals surface area contributed by atoms with E-state index in [9.17, 15) is 9.18 Å². The predicted octanol–water partition coefficient (Wildman–Crippen LogP) is 3.50. The molecule has 1 atom stereocenters. The first-order valence-electron chi connectivity index (χ1n) is 10.7. The minimum absolute atomic E-state index is 0.141. The number of likely N-dealkylation sites (tertiary alicyclic amines) is 1. The molecule has 2 saturated heterocycles. The molecule has 1 unspecified atom stereocenters. The van der Waals surface area contributed by atoms with Crippen molar-refractivity contribution in [3.05, 3.63) is 35.5 Å². The topological polar surface area (TPSA) is 96.0 Å². The molecule has 2 fully saturated rings. The number of nitrogens with one attached hydrogen (secondary N) is 2. The number of aromatic nitrogens is 4. The Bertz CT molecular complexity index is 1160. The number of halogens is 2. The van der Waals surface area contributed by atoms with Crippen molar-refractivity contribution in [1.82, 2.24) is 24.8 Å². The number of amides is 1. The van der Waals surface area contributed by atoms with Gasteiger partial charge in [-0.15, -0.1) is 0 Å². The summed E-state index contributed by atoms with van der Waals surface area (Å²) in [6, 6.07) is 1.77. The van der Waals surface area contributed by atoms with Gasteiger partial charge in [0.1, 0.15) is 5.65 Å². The van der Waals surface area contributed by atoms with E-state index in [0.29, 0.717) is 48.4 Å². The summed E-state index contributed by atoms with van der Waals surface area (Å²) in [5.41, 5.74) is 0.952. The fourth-order valence-corrected chi connectivity index (χ4v) is 4.51. The maximum Gasteiger partial charge on any atom is 0.233 e. The normalized spacial score (nSPS) is 20.2. The van der Waals surface area contributed by atoms with Crippen LogP contribution < -0.4 is 5.32 Å². The molecular formula is C22H24ClFN6O2. The number of anilines is 1. The summed E-state index contributed by atoms with van der Waals surface area (Å²) in [5.74, 6) is 0.360. The van der Waals surface area contributed by atoms with Gasteiger partial charge in [0.25, 0.3) is 0 Å². The molecule has 0 bridgehead atoms. The fourth-order valence-electron chi connectivity index (χ4n) is 4.35. The molecule has 2 N–H and O–H groups in total. The molecule has 3 aromatic heterocycles. The standard InChI is InChI=1S/C22H24ClFN6O2/c1-22(11-32-12-22)21(31)30-4-2-3-13(10-30)6-25-20-17(24)9-28-19(29-20)16-8-27-18-15(16)5-14(23)7-26-18/h5,7-9,13H,2-4,6,10-12H2,1H3,(H,26,27)(H,25,28,29). The van der Waals surface area contributed by atoms with Crippen LogP contribution in [0.3, 0.4) is 0 Å². The van der Waals surface area contributed by atoms with Gasteiger partial charge < -0.3 is 19.9 Å². The summed E-state index contributed by atoms with van der Waals surface area (Å²) >= 11 is 6.08. The van der Waals surface area contributed by atoms with Crippen molar-refractivity contribution in [2.45, 2.75) is 19.8 Å². The number of carbonyl (C=O) groups is 1. The van der Waals surface area contributed by atoms with E-state index < -0.39 is 11.2 Å². The minimum atomic E-state index is -0.521. The number of hydrogen-bond acceptors (Lipinski definition) is 6. The third-order valence-electron chi connectivity index (χ3n) is 6.20. The Morgan fingerprint density at radius 3 is 3.03 bits per heavy atom. The second-order valence-corrected chi connectivity index (χ2v) is 9.27. The van der Waals surface area contributed by atoms with Gasteiger partial charge in [0.15, 0.2) is 17.5 Å². The molecule has 0 spiro atoms.